The van der Waals surface area contributed by atoms with E-state index in [2.05, 4.69) is 68.4 Å². The zero-order valence-electron chi connectivity index (χ0n) is 15.3. The molecule has 3 aromatic carbocycles. The van der Waals surface area contributed by atoms with Crippen molar-refractivity contribution in [3.8, 4) is 11.5 Å². The molecule has 3 nitrogen and oxygen atoms in total. The third kappa shape index (κ3) is 5.50. The smallest absolute Gasteiger partial charge is 0.175 e. The molecule has 27 heavy (non-hydrogen) atoms. The fourth-order valence-corrected chi connectivity index (χ4v) is 3.61. The number of aryl methyl sites for hydroxylation is 1. The van der Waals surface area contributed by atoms with Gasteiger partial charge in [-0.05, 0) is 70.4 Å². The number of benzene rings is 3. The van der Waals surface area contributed by atoms with Gasteiger partial charge in [0.2, 0.25) is 0 Å². The summed E-state index contributed by atoms with van der Waals surface area (Å²) in [5.74, 6) is 1.43. The molecule has 0 spiro atoms. The monoisotopic (exact) mass is 489 g/mol. The van der Waals surface area contributed by atoms with Gasteiger partial charge in [0.15, 0.2) is 11.5 Å². The maximum atomic E-state index is 6.03. The zero-order valence-corrected chi connectivity index (χ0v) is 18.4. The van der Waals surface area contributed by atoms with Crippen LogP contribution in [0.5, 0.6) is 11.5 Å². The first-order valence-electron chi connectivity index (χ1n) is 8.59. The highest BCUT2D eigenvalue weighted by molar-refractivity contribution is 9.10. The van der Waals surface area contributed by atoms with E-state index in [9.17, 15) is 0 Å². The third-order valence-corrected chi connectivity index (χ3v) is 5.21. The van der Waals surface area contributed by atoms with Crippen molar-refractivity contribution in [2.24, 2.45) is 0 Å². The van der Waals surface area contributed by atoms with E-state index in [0.29, 0.717) is 24.7 Å². The first-order chi connectivity index (χ1) is 13.0. The lowest BCUT2D eigenvalue weighted by Gasteiger charge is -2.15. The predicted octanol–water partition coefficient (Wildman–Crippen LogP) is 6.72. The second kappa shape index (κ2) is 9.29. The molecule has 3 aromatic rings. The molecule has 0 bridgehead atoms. The van der Waals surface area contributed by atoms with Crippen molar-refractivity contribution in [2.45, 2.75) is 20.1 Å². The summed E-state index contributed by atoms with van der Waals surface area (Å²) < 4.78 is 13.5. The van der Waals surface area contributed by atoms with Crippen LogP contribution in [0, 0.1) is 6.92 Å². The summed E-state index contributed by atoms with van der Waals surface area (Å²) in [6.07, 6.45) is 0. The van der Waals surface area contributed by atoms with Crippen molar-refractivity contribution in [2.75, 3.05) is 12.4 Å². The first-order valence-corrected chi connectivity index (χ1v) is 10.2. The van der Waals surface area contributed by atoms with Crippen LogP contribution in [-0.4, -0.2) is 7.11 Å². The predicted molar refractivity (Wildman–Crippen MR) is 118 cm³/mol. The SMILES string of the molecule is COc1cc(CNc2ccc(Br)cc2)cc(Br)c1OCc1cccc(C)c1. The van der Waals surface area contributed by atoms with Crippen LogP contribution >= 0.6 is 31.9 Å². The minimum absolute atomic E-state index is 0.493. The fourth-order valence-electron chi connectivity index (χ4n) is 2.74. The lowest BCUT2D eigenvalue weighted by atomic mass is 10.1. The molecule has 1 N–H and O–H groups in total. The van der Waals surface area contributed by atoms with E-state index in [0.717, 1.165) is 25.8 Å². The van der Waals surface area contributed by atoms with Crippen molar-refractivity contribution in [1.82, 2.24) is 0 Å². The maximum Gasteiger partial charge on any atom is 0.175 e. The van der Waals surface area contributed by atoms with Gasteiger partial charge in [0.25, 0.3) is 0 Å². The lowest BCUT2D eigenvalue weighted by molar-refractivity contribution is 0.282. The minimum atomic E-state index is 0.493. The third-order valence-electron chi connectivity index (χ3n) is 4.10. The standard InChI is InChI=1S/C22H21Br2NO2/c1-15-4-3-5-16(10-15)14-27-22-20(24)11-17(12-21(22)26-2)13-25-19-8-6-18(23)7-9-19/h3-12,25H,13-14H2,1-2H3. The highest BCUT2D eigenvalue weighted by atomic mass is 79.9. The van der Waals surface area contributed by atoms with Crippen LogP contribution in [0.25, 0.3) is 0 Å². The van der Waals surface area contributed by atoms with Gasteiger partial charge in [-0.3, -0.25) is 0 Å². The summed E-state index contributed by atoms with van der Waals surface area (Å²) in [5.41, 5.74) is 4.51. The molecule has 0 saturated carbocycles. The Bertz CT molecular complexity index is 911. The summed E-state index contributed by atoms with van der Waals surface area (Å²) in [7, 11) is 1.66. The van der Waals surface area contributed by atoms with Crippen molar-refractivity contribution < 1.29 is 9.47 Å². The van der Waals surface area contributed by atoms with Gasteiger partial charge >= 0.3 is 0 Å². The Morgan fingerprint density at radius 2 is 1.70 bits per heavy atom. The van der Waals surface area contributed by atoms with Crippen LogP contribution in [-0.2, 0) is 13.2 Å². The minimum Gasteiger partial charge on any atom is -0.493 e. The summed E-state index contributed by atoms with van der Waals surface area (Å²) in [5, 5.41) is 3.41. The van der Waals surface area contributed by atoms with Gasteiger partial charge in [-0.15, -0.1) is 0 Å². The molecular formula is C22H21Br2NO2. The molecule has 0 aromatic heterocycles. The molecule has 0 aliphatic rings. The Balaban J connectivity index is 1.71. The number of anilines is 1. The average molecular weight is 491 g/mol. The summed E-state index contributed by atoms with van der Waals surface area (Å²) >= 11 is 7.07. The number of ether oxygens (including phenoxy) is 2. The number of nitrogens with one attached hydrogen (secondary N) is 1. The van der Waals surface area contributed by atoms with Crippen LogP contribution in [0.2, 0.25) is 0 Å². The lowest BCUT2D eigenvalue weighted by Crippen LogP contribution is -2.03. The van der Waals surface area contributed by atoms with Crippen LogP contribution in [0.15, 0.2) is 69.6 Å². The van der Waals surface area contributed by atoms with Gasteiger partial charge in [0.05, 0.1) is 11.6 Å². The number of hydrogen-bond donors (Lipinski definition) is 1. The molecule has 0 amide bonds. The second-order valence-electron chi connectivity index (χ2n) is 6.25. The van der Waals surface area contributed by atoms with Crippen molar-refractivity contribution in [3.63, 3.8) is 0 Å². The van der Waals surface area contributed by atoms with Gasteiger partial charge in [-0.2, -0.15) is 0 Å². The molecule has 0 atom stereocenters. The molecule has 0 aliphatic carbocycles. The number of halogens is 2. The summed E-state index contributed by atoms with van der Waals surface area (Å²) in [4.78, 5) is 0. The molecule has 140 valence electrons. The molecule has 0 aliphatic heterocycles. The van der Waals surface area contributed by atoms with Gasteiger partial charge < -0.3 is 14.8 Å². The van der Waals surface area contributed by atoms with Gasteiger partial charge in [-0.1, -0.05) is 45.8 Å². The van der Waals surface area contributed by atoms with Crippen LogP contribution in [0.3, 0.4) is 0 Å². The average Bonchev–Trinajstić information content (AvgIpc) is 2.66. The van der Waals surface area contributed by atoms with Crippen molar-refractivity contribution in [1.29, 1.82) is 0 Å². The van der Waals surface area contributed by atoms with E-state index in [1.54, 1.807) is 7.11 Å². The van der Waals surface area contributed by atoms with E-state index in [1.807, 2.05) is 36.4 Å². The van der Waals surface area contributed by atoms with Crippen molar-refractivity contribution in [3.05, 3.63) is 86.3 Å². The highest BCUT2D eigenvalue weighted by Gasteiger charge is 2.12. The highest BCUT2D eigenvalue weighted by Crippen LogP contribution is 2.37. The molecule has 0 heterocycles. The first kappa shape index (κ1) is 19.8. The molecule has 0 saturated heterocycles. The molecular weight excluding hydrogens is 470 g/mol. The van der Waals surface area contributed by atoms with E-state index in [4.69, 9.17) is 9.47 Å². The zero-order chi connectivity index (χ0) is 19.2. The number of methoxy groups -OCH3 is 1. The molecule has 5 heteroatoms. The Morgan fingerprint density at radius 1 is 0.926 bits per heavy atom. The normalized spacial score (nSPS) is 10.5. The fraction of sp³-hybridized carbons (Fsp3) is 0.182. The Labute approximate surface area is 177 Å². The molecule has 0 unspecified atom stereocenters. The van der Waals surface area contributed by atoms with Crippen molar-refractivity contribution >= 4 is 37.5 Å². The summed E-state index contributed by atoms with van der Waals surface area (Å²) in [6, 6.07) is 20.5. The summed E-state index contributed by atoms with van der Waals surface area (Å²) in [6.45, 7) is 3.26. The topological polar surface area (TPSA) is 30.5 Å². The van der Waals surface area contributed by atoms with Crippen LogP contribution in [0.1, 0.15) is 16.7 Å². The molecule has 0 fully saturated rings. The molecule has 0 radical (unpaired) electrons. The quantitative estimate of drug-likeness (QED) is 0.398. The number of rotatable bonds is 7. The Morgan fingerprint density at radius 3 is 2.41 bits per heavy atom. The van der Waals surface area contributed by atoms with Gasteiger partial charge in [0, 0.05) is 16.7 Å². The van der Waals surface area contributed by atoms with Gasteiger partial charge in [0.1, 0.15) is 6.61 Å². The van der Waals surface area contributed by atoms with Crippen LogP contribution < -0.4 is 14.8 Å². The maximum absolute atomic E-state index is 6.03. The van der Waals surface area contributed by atoms with E-state index < -0.39 is 0 Å². The largest absolute Gasteiger partial charge is 0.493 e. The van der Waals surface area contributed by atoms with Crippen LogP contribution in [0.4, 0.5) is 5.69 Å². The van der Waals surface area contributed by atoms with E-state index >= 15 is 0 Å². The Kier molecular flexibility index (Phi) is 6.80. The van der Waals surface area contributed by atoms with E-state index in [1.165, 1.54) is 5.56 Å². The number of hydrogen-bond acceptors (Lipinski definition) is 3. The van der Waals surface area contributed by atoms with Gasteiger partial charge in [-0.25, -0.2) is 0 Å². The Hall–Kier alpha value is -1.98. The second-order valence-corrected chi connectivity index (χ2v) is 8.02. The van der Waals surface area contributed by atoms with E-state index in [-0.39, 0.29) is 0 Å². The molecule has 3 rings (SSSR count).